The number of alkyl halides is 1. The maximum atomic E-state index is 17.2. The first kappa shape index (κ1) is 30.7. The Morgan fingerprint density at radius 1 is 1.16 bits per heavy atom. The number of hydrogen-bond acceptors (Lipinski definition) is 9. The van der Waals surface area contributed by atoms with Crippen LogP contribution >= 0.6 is 0 Å². The molecule has 2 aromatic carbocycles. The number of fused-ring (bicyclic) bond motifs is 4. The molecule has 0 spiro atoms. The van der Waals surface area contributed by atoms with Crippen LogP contribution in [0, 0.1) is 29.9 Å². The van der Waals surface area contributed by atoms with Gasteiger partial charge in [0.25, 0.3) is 0 Å². The van der Waals surface area contributed by atoms with E-state index < -0.39 is 23.3 Å². The van der Waals surface area contributed by atoms with Gasteiger partial charge in [-0.15, -0.1) is 6.42 Å². The number of phenolic OH excluding ortho intramolecular Hbond substituents is 1. The highest BCUT2D eigenvalue weighted by Gasteiger charge is 2.50. The van der Waals surface area contributed by atoms with Crippen LogP contribution < -0.4 is 19.7 Å². The van der Waals surface area contributed by atoms with Crippen molar-refractivity contribution in [3.05, 3.63) is 41.5 Å². The molecule has 4 aliphatic heterocycles. The van der Waals surface area contributed by atoms with Gasteiger partial charge in [0, 0.05) is 43.0 Å². The molecule has 49 heavy (non-hydrogen) atoms. The molecule has 254 valence electrons. The van der Waals surface area contributed by atoms with Crippen molar-refractivity contribution in [2.24, 2.45) is 5.92 Å². The van der Waals surface area contributed by atoms with E-state index in [0.29, 0.717) is 42.6 Å². The second-order valence-corrected chi connectivity index (χ2v) is 14.3. The summed E-state index contributed by atoms with van der Waals surface area (Å²) in [6, 6.07) is 5.54. The summed E-state index contributed by atoms with van der Waals surface area (Å²) in [4.78, 5) is 18.7. The summed E-state index contributed by atoms with van der Waals surface area (Å²) in [6.07, 6.45) is 9.57. The fourth-order valence-electron chi connectivity index (χ4n) is 8.73. The quantitative estimate of drug-likeness (QED) is 0.258. The normalized spacial score (nSPS) is 27.9. The number of halogens is 3. The Morgan fingerprint density at radius 3 is 2.82 bits per heavy atom. The van der Waals surface area contributed by atoms with E-state index in [2.05, 4.69) is 32.9 Å². The van der Waals surface area contributed by atoms with Gasteiger partial charge in [0.15, 0.2) is 5.82 Å². The molecule has 2 N–H and O–H groups in total. The lowest BCUT2D eigenvalue weighted by Crippen LogP contribution is -2.61. The molecule has 5 atom stereocenters. The summed E-state index contributed by atoms with van der Waals surface area (Å²) in [7, 11) is 0. The number of terminal acetylenes is 1. The fourth-order valence-corrected chi connectivity index (χ4v) is 8.73. The molecule has 4 aromatic rings. The van der Waals surface area contributed by atoms with Gasteiger partial charge >= 0.3 is 6.01 Å². The van der Waals surface area contributed by atoms with Crippen LogP contribution in [0.15, 0.2) is 24.3 Å². The predicted molar refractivity (Wildman–Crippen MR) is 179 cm³/mol. The highest BCUT2D eigenvalue weighted by Crippen LogP contribution is 2.48. The summed E-state index contributed by atoms with van der Waals surface area (Å²) in [6.45, 7) is 4.73. The maximum absolute atomic E-state index is 17.2. The van der Waals surface area contributed by atoms with Gasteiger partial charge in [0.1, 0.15) is 52.9 Å². The van der Waals surface area contributed by atoms with Crippen LogP contribution in [0.2, 0.25) is 0 Å². The highest BCUT2D eigenvalue weighted by atomic mass is 19.1. The minimum Gasteiger partial charge on any atom is -0.508 e. The summed E-state index contributed by atoms with van der Waals surface area (Å²) in [5.41, 5.74) is -0.660. The van der Waals surface area contributed by atoms with Gasteiger partial charge in [-0.25, -0.2) is 18.2 Å². The zero-order chi connectivity index (χ0) is 33.6. The van der Waals surface area contributed by atoms with E-state index in [4.69, 9.17) is 25.9 Å². The Kier molecular flexibility index (Phi) is 7.11. The molecule has 0 radical (unpaired) electrons. The Morgan fingerprint density at radius 2 is 2.02 bits per heavy atom. The molecule has 4 fully saturated rings. The van der Waals surface area contributed by atoms with Crippen molar-refractivity contribution in [3.63, 3.8) is 0 Å². The van der Waals surface area contributed by atoms with Gasteiger partial charge in [-0.1, -0.05) is 18.9 Å². The van der Waals surface area contributed by atoms with Gasteiger partial charge in [-0.05, 0) is 68.2 Å². The average molecular weight is 671 g/mol. The number of hydrogen-bond donors (Lipinski definition) is 2. The number of rotatable bonds is 6. The van der Waals surface area contributed by atoms with E-state index in [1.165, 1.54) is 24.3 Å². The van der Waals surface area contributed by atoms with Crippen molar-refractivity contribution in [1.29, 1.82) is 0 Å². The number of aromatic nitrogens is 3. The molecule has 9 nitrogen and oxygen atoms in total. The van der Waals surface area contributed by atoms with Crippen molar-refractivity contribution in [2.75, 3.05) is 37.7 Å². The average Bonchev–Trinajstić information content (AvgIpc) is 3.82. The van der Waals surface area contributed by atoms with Crippen LogP contribution in [0.1, 0.15) is 51.0 Å². The largest absolute Gasteiger partial charge is 0.508 e. The number of ether oxygens (including phenoxy) is 2. The smallest absolute Gasteiger partial charge is 0.319 e. The first-order valence-corrected chi connectivity index (χ1v) is 17.3. The molecule has 6 heterocycles. The molecule has 5 aliphatic rings. The SMILES string of the molecule is C#Cc1c(F)ccc2cc(O)cc(-c3nc4c5c(nc(OC[C@@]67CCCN6C[C@H](F)C7)nc5c3F)N3C[C@@H](CC)NC[C@H]3[C@H](C3CC3)O4)c12. The summed E-state index contributed by atoms with van der Waals surface area (Å²) >= 11 is 0. The lowest BCUT2D eigenvalue weighted by molar-refractivity contribution is 0.107. The Bertz CT molecular complexity index is 2050. The van der Waals surface area contributed by atoms with Crippen LogP contribution in [-0.4, -0.2) is 87.6 Å². The third-order valence-corrected chi connectivity index (χ3v) is 11.3. The van der Waals surface area contributed by atoms with Crippen LogP contribution in [0.3, 0.4) is 0 Å². The summed E-state index contributed by atoms with van der Waals surface area (Å²) in [5.74, 6) is 1.72. The van der Waals surface area contributed by atoms with Crippen molar-refractivity contribution in [1.82, 2.24) is 25.2 Å². The third kappa shape index (κ3) is 4.88. The van der Waals surface area contributed by atoms with Crippen LogP contribution in [0.25, 0.3) is 32.9 Å². The van der Waals surface area contributed by atoms with E-state index in [1.807, 2.05) is 0 Å². The molecule has 9 rings (SSSR count). The monoisotopic (exact) mass is 670 g/mol. The Balaban J connectivity index is 1.27. The van der Waals surface area contributed by atoms with Crippen molar-refractivity contribution in [3.8, 4) is 41.2 Å². The third-order valence-electron chi connectivity index (χ3n) is 11.3. The van der Waals surface area contributed by atoms with E-state index in [-0.39, 0.29) is 76.1 Å². The molecule has 12 heteroatoms. The van der Waals surface area contributed by atoms with E-state index in [9.17, 15) is 9.50 Å². The zero-order valence-electron chi connectivity index (χ0n) is 27.2. The lowest BCUT2D eigenvalue weighted by Gasteiger charge is -2.43. The number of anilines is 1. The molecule has 1 saturated carbocycles. The van der Waals surface area contributed by atoms with Crippen LogP contribution in [0.4, 0.5) is 19.0 Å². The summed E-state index contributed by atoms with van der Waals surface area (Å²) < 4.78 is 60.0. The van der Waals surface area contributed by atoms with Crippen molar-refractivity contribution >= 4 is 27.5 Å². The Hall–Kier alpha value is -4.34. The van der Waals surface area contributed by atoms with Gasteiger partial charge in [0.05, 0.1) is 17.1 Å². The fraction of sp³-hybridized carbons (Fsp3) is 0.486. The van der Waals surface area contributed by atoms with Crippen LogP contribution in [0.5, 0.6) is 17.6 Å². The minimum absolute atomic E-state index is 0.0145. The van der Waals surface area contributed by atoms with Gasteiger partial charge in [-0.2, -0.15) is 9.97 Å². The summed E-state index contributed by atoms with van der Waals surface area (Å²) in [5, 5.41) is 15.4. The maximum Gasteiger partial charge on any atom is 0.319 e. The van der Waals surface area contributed by atoms with Crippen molar-refractivity contribution < 1.29 is 27.8 Å². The van der Waals surface area contributed by atoms with Gasteiger partial charge in [0.2, 0.25) is 5.88 Å². The zero-order valence-corrected chi connectivity index (χ0v) is 27.2. The number of pyridine rings is 1. The number of benzene rings is 2. The number of nitrogens with zero attached hydrogens (tertiary/aromatic N) is 5. The molecule has 0 amide bonds. The van der Waals surface area contributed by atoms with E-state index >= 15 is 8.78 Å². The molecular weight excluding hydrogens is 633 g/mol. The second kappa shape index (κ2) is 11.4. The van der Waals surface area contributed by atoms with Crippen molar-refractivity contribution in [2.45, 2.75) is 75.3 Å². The predicted octanol–water partition coefficient (Wildman–Crippen LogP) is 5.49. The standard InChI is InChI=1S/C37H37F3N6O3/c1-3-22-17-46-27(15-41-22)33(19-6-7-19)49-35-29-32(43-36(44-34(29)46)48-18-37-10-5-11-45(37)16-21(38)14-37)30(40)31(42-35)25-13-23(47)12-20-8-9-26(39)24(4-2)28(20)25/h2,8-9,12-13,19,21-22,27,33,41,47H,3,5-7,10-11,14-18H2,1H3/t21-,22-,27+,33+,37+/m1/s1. The van der Waals surface area contributed by atoms with E-state index in [0.717, 1.165) is 38.6 Å². The highest BCUT2D eigenvalue weighted by molar-refractivity contribution is 6.04. The lowest BCUT2D eigenvalue weighted by atomic mass is 9.95. The van der Waals surface area contributed by atoms with Gasteiger partial charge in [-0.3, -0.25) is 4.90 Å². The van der Waals surface area contributed by atoms with E-state index in [1.54, 1.807) is 0 Å². The number of nitrogens with one attached hydrogen (secondary N) is 1. The number of phenols is 1. The molecule has 0 unspecified atom stereocenters. The molecular formula is C37H37F3N6O3. The minimum atomic E-state index is -0.932. The van der Waals surface area contributed by atoms with Crippen LogP contribution in [-0.2, 0) is 0 Å². The topological polar surface area (TPSA) is 95.9 Å². The number of aromatic hydroxyl groups is 1. The van der Waals surface area contributed by atoms with Gasteiger partial charge < -0.3 is 24.8 Å². The molecule has 0 bridgehead atoms. The molecule has 3 saturated heterocycles. The second-order valence-electron chi connectivity index (χ2n) is 14.3. The molecule has 1 aliphatic carbocycles. The Labute approximate surface area is 281 Å². The molecule has 2 aromatic heterocycles. The number of piperazine rings is 1. The first-order chi connectivity index (χ1) is 23.8. The first-order valence-electron chi connectivity index (χ1n) is 17.3.